The molecule has 0 saturated carbocycles. The van der Waals surface area contributed by atoms with Crippen molar-refractivity contribution in [1.82, 2.24) is 10.0 Å². The molecular formula is C17H19F3N2O3S2. The Balaban J connectivity index is 1.96. The molecule has 0 atom stereocenters. The van der Waals surface area contributed by atoms with Gasteiger partial charge >= 0.3 is 6.18 Å². The van der Waals surface area contributed by atoms with Gasteiger partial charge in [0, 0.05) is 12.0 Å². The topological polar surface area (TPSA) is 75.3 Å². The van der Waals surface area contributed by atoms with E-state index in [1.807, 2.05) is 0 Å². The maximum atomic E-state index is 12.9. The van der Waals surface area contributed by atoms with Gasteiger partial charge in [-0.1, -0.05) is 38.1 Å². The van der Waals surface area contributed by atoms with Crippen LogP contribution in [0, 0.1) is 0 Å². The zero-order valence-electron chi connectivity index (χ0n) is 14.6. The van der Waals surface area contributed by atoms with Crippen LogP contribution in [-0.2, 0) is 26.4 Å². The second-order valence-corrected chi connectivity index (χ2v) is 9.44. The molecule has 2 N–H and O–H groups in total. The average molecular weight is 420 g/mol. The molecule has 27 heavy (non-hydrogen) atoms. The first-order valence-electron chi connectivity index (χ1n) is 7.89. The summed E-state index contributed by atoms with van der Waals surface area (Å²) in [6, 6.07) is 7.90. The van der Waals surface area contributed by atoms with Gasteiger partial charge in [-0.05, 0) is 23.1 Å². The largest absolute Gasteiger partial charge is 0.416 e. The van der Waals surface area contributed by atoms with Crippen LogP contribution in [0.3, 0.4) is 0 Å². The highest BCUT2D eigenvalue weighted by molar-refractivity contribution is 7.91. The van der Waals surface area contributed by atoms with Crippen LogP contribution >= 0.6 is 11.3 Å². The SMILES string of the molecule is CC(C)(CNC(=O)CNS(=O)(=O)c1cccs1)c1cccc(C(F)(F)F)c1. The Hall–Kier alpha value is -1.91. The standard InChI is InChI=1S/C17H19F3N2O3S2/c1-16(2,12-5-3-6-13(9-12)17(18,19)20)11-21-14(23)10-22-27(24,25)15-7-4-8-26-15/h3-9,22H,10-11H2,1-2H3,(H,21,23). The van der Waals surface area contributed by atoms with Crippen molar-refractivity contribution < 1.29 is 26.4 Å². The first-order valence-corrected chi connectivity index (χ1v) is 10.3. The molecule has 10 heteroatoms. The van der Waals surface area contributed by atoms with E-state index in [9.17, 15) is 26.4 Å². The third-order valence-electron chi connectivity index (χ3n) is 3.88. The molecule has 2 aromatic rings. The molecule has 0 spiro atoms. The molecule has 0 unspecified atom stereocenters. The van der Waals surface area contributed by atoms with Crippen LogP contribution in [0.2, 0.25) is 0 Å². The number of rotatable bonds is 7. The van der Waals surface area contributed by atoms with Gasteiger partial charge in [0.25, 0.3) is 10.0 Å². The van der Waals surface area contributed by atoms with Crippen molar-refractivity contribution in [2.45, 2.75) is 29.6 Å². The van der Waals surface area contributed by atoms with Gasteiger partial charge in [0.2, 0.25) is 5.91 Å². The molecule has 148 valence electrons. The quantitative estimate of drug-likeness (QED) is 0.723. The second kappa shape index (κ2) is 7.99. The summed E-state index contributed by atoms with van der Waals surface area (Å²) in [5.74, 6) is -0.574. The summed E-state index contributed by atoms with van der Waals surface area (Å²) in [4.78, 5) is 11.9. The Kier molecular flexibility index (Phi) is 6.33. The van der Waals surface area contributed by atoms with Gasteiger partial charge in [0.15, 0.2) is 0 Å². The van der Waals surface area contributed by atoms with Crippen molar-refractivity contribution in [3.8, 4) is 0 Å². The van der Waals surface area contributed by atoms with E-state index in [1.54, 1.807) is 31.4 Å². The minimum absolute atomic E-state index is 0.0495. The number of thiophene rings is 1. The number of hydrogen-bond donors (Lipinski definition) is 2. The van der Waals surface area contributed by atoms with Crippen LogP contribution in [0.1, 0.15) is 25.0 Å². The number of halogens is 3. The van der Waals surface area contributed by atoms with Crippen molar-refractivity contribution in [2.75, 3.05) is 13.1 Å². The molecule has 1 aromatic heterocycles. The normalized spacial score (nSPS) is 12.8. The number of alkyl halides is 3. The number of carbonyl (C=O) groups excluding carboxylic acids is 1. The molecule has 1 aromatic carbocycles. The third kappa shape index (κ3) is 5.78. The smallest absolute Gasteiger partial charge is 0.354 e. The number of carbonyl (C=O) groups is 1. The van der Waals surface area contributed by atoms with Gasteiger partial charge in [0.05, 0.1) is 12.1 Å². The zero-order chi connectivity index (χ0) is 20.3. The Morgan fingerprint density at radius 3 is 2.37 bits per heavy atom. The summed E-state index contributed by atoms with van der Waals surface area (Å²) >= 11 is 1.03. The van der Waals surface area contributed by atoms with Gasteiger partial charge in [-0.25, -0.2) is 13.1 Å². The van der Waals surface area contributed by atoms with E-state index in [0.29, 0.717) is 5.56 Å². The maximum absolute atomic E-state index is 12.9. The lowest BCUT2D eigenvalue weighted by molar-refractivity contribution is -0.137. The van der Waals surface area contributed by atoms with E-state index in [1.165, 1.54) is 12.1 Å². The lowest BCUT2D eigenvalue weighted by Crippen LogP contribution is -2.42. The summed E-state index contributed by atoms with van der Waals surface area (Å²) < 4.78 is 64.8. The van der Waals surface area contributed by atoms with Crippen molar-refractivity contribution >= 4 is 27.3 Å². The van der Waals surface area contributed by atoms with Crippen LogP contribution in [0.15, 0.2) is 46.0 Å². The van der Waals surface area contributed by atoms with Crippen molar-refractivity contribution in [3.05, 3.63) is 52.9 Å². The van der Waals surface area contributed by atoms with E-state index in [4.69, 9.17) is 0 Å². The first-order chi connectivity index (χ1) is 12.4. The molecule has 0 fully saturated rings. The number of benzene rings is 1. The summed E-state index contributed by atoms with van der Waals surface area (Å²) in [6.45, 7) is 2.98. The number of sulfonamides is 1. The summed E-state index contributed by atoms with van der Waals surface area (Å²) in [7, 11) is -3.76. The second-order valence-electron chi connectivity index (χ2n) is 6.50. The van der Waals surface area contributed by atoms with Crippen LogP contribution < -0.4 is 10.0 Å². The van der Waals surface area contributed by atoms with Gasteiger partial charge in [0.1, 0.15) is 4.21 Å². The number of hydrogen-bond acceptors (Lipinski definition) is 4. The predicted octanol–water partition coefficient (Wildman–Crippen LogP) is 3.14. The fourth-order valence-corrected chi connectivity index (χ4v) is 4.27. The molecule has 2 rings (SSSR count). The minimum atomic E-state index is -4.45. The van der Waals surface area contributed by atoms with E-state index >= 15 is 0 Å². The maximum Gasteiger partial charge on any atom is 0.416 e. The number of amides is 1. The Morgan fingerprint density at radius 1 is 1.11 bits per heavy atom. The van der Waals surface area contributed by atoms with E-state index in [-0.39, 0.29) is 10.8 Å². The van der Waals surface area contributed by atoms with Crippen molar-refractivity contribution in [3.63, 3.8) is 0 Å². The molecule has 0 aliphatic heterocycles. The molecule has 0 aliphatic rings. The van der Waals surface area contributed by atoms with Crippen LogP contribution in [-0.4, -0.2) is 27.4 Å². The lowest BCUT2D eigenvalue weighted by Gasteiger charge is -2.26. The Bertz CT molecular complexity index is 892. The lowest BCUT2D eigenvalue weighted by atomic mass is 9.83. The molecule has 1 heterocycles. The molecule has 0 aliphatic carbocycles. The van der Waals surface area contributed by atoms with E-state index < -0.39 is 39.6 Å². The molecule has 1 amide bonds. The third-order valence-corrected chi connectivity index (χ3v) is 6.68. The van der Waals surface area contributed by atoms with Gasteiger partial charge < -0.3 is 5.32 Å². The fourth-order valence-electron chi connectivity index (χ4n) is 2.25. The average Bonchev–Trinajstić information content (AvgIpc) is 3.13. The minimum Gasteiger partial charge on any atom is -0.354 e. The molecule has 0 bridgehead atoms. The summed E-state index contributed by atoms with van der Waals surface area (Å²) in [5, 5.41) is 4.16. The highest BCUT2D eigenvalue weighted by Gasteiger charge is 2.32. The van der Waals surface area contributed by atoms with Crippen LogP contribution in [0.4, 0.5) is 13.2 Å². The van der Waals surface area contributed by atoms with E-state index in [0.717, 1.165) is 23.5 Å². The van der Waals surface area contributed by atoms with Crippen LogP contribution in [0.5, 0.6) is 0 Å². The Labute approximate surface area is 159 Å². The predicted molar refractivity (Wildman–Crippen MR) is 97.0 cm³/mol. The van der Waals surface area contributed by atoms with Gasteiger partial charge in [-0.3, -0.25) is 4.79 Å². The molecular weight excluding hydrogens is 401 g/mol. The Morgan fingerprint density at radius 2 is 1.78 bits per heavy atom. The summed E-state index contributed by atoms with van der Waals surface area (Å²) in [6.07, 6.45) is -4.45. The summed E-state index contributed by atoms with van der Waals surface area (Å²) in [5.41, 5.74) is -1.12. The molecule has 0 radical (unpaired) electrons. The van der Waals surface area contributed by atoms with Gasteiger partial charge in [-0.2, -0.15) is 13.2 Å². The van der Waals surface area contributed by atoms with Crippen molar-refractivity contribution in [2.24, 2.45) is 0 Å². The monoisotopic (exact) mass is 420 g/mol. The fraction of sp³-hybridized carbons (Fsp3) is 0.353. The first kappa shape index (κ1) is 21.4. The number of nitrogens with one attached hydrogen (secondary N) is 2. The van der Waals surface area contributed by atoms with Gasteiger partial charge in [-0.15, -0.1) is 11.3 Å². The van der Waals surface area contributed by atoms with Crippen LogP contribution in [0.25, 0.3) is 0 Å². The zero-order valence-corrected chi connectivity index (χ0v) is 16.3. The van der Waals surface area contributed by atoms with E-state index in [2.05, 4.69) is 10.0 Å². The molecule has 5 nitrogen and oxygen atoms in total. The molecule has 0 saturated heterocycles. The van der Waals surface area contributed by atoms with Crippen molar-refractivity contribution in [1.29, 1.82) is 0 Å². The highest BCUT2D eigenvalue weighted by Crippen LogP contribution is 2.32. The highest BCUT2D eigenvalue weighted by atomic mass is 32.2.